The largest absolute Gasteiger partial charge is 0.497 e. The van der Waals surface area contributed by atoms with Crippen molar-refractivity contribution in [1.82, 2.24) is 0 Å². The Labute approximate surface area is 150 Å². The molecule has 0 bridgehead atoms. The quantitative estimate of drug-likeness (QED) is 0.731. The zero-order chi connectivity index (χ0) is 18.0. The highest BCUT2D eigenvalue weighted by molar-refractivity contribution is 6.05. The number of ether oxygens (including phenoxy) is 2. The number of nitrogens with zero attached hydrogens (tertiary/aromatic N) is 1. The summed E-state index contributed by atoms with van der Waals surface area (Å²) in [6.45, 7) is 4.57. The first-order valence-corrected chi connectivity index (χ1v) is 8.66. The van der Waals surface area contributed by atoms with E-state index in [9.17, 15) is 0 Å². The lowest BCUT2D eigenvalue weighted by molar-refractivity contribution is -0.401. The van der Waals surface area contributed by atoms with E-state index in [-0.39, 0.29) is 5.41 Å². The van der Waals surface area contributed by atoms with E-state index in [0.717, 1.165) is 23.5 Å². The van der Waals surface area contributed by atoms with Crippen LogP contribution in [-0.2, 0) is 5.41 Å². The summed E-state index contributed by atoms with van der Waals surface area (Å²) in [6, 6.07) is 14.6. The molecule has 1 aliphatic rings. The normalized spacial score (nSPS) is 19.4. The van der Waals surface area contributed by atoms with Crippen LogP contribution >= 0.6 is 0 Å². The van der Waals surface area contributed by atoms with Gasteiger partial charge in [-0.1, -0.05) is 25.1 Å². The summed E-state index contributed by atoms with van der Waals surface area (Å²) in [5.74, 6) is 1.61. The minimum Gasteiger partial charge on any atom is -0.497 e. The molecular weight excluding hydrogens is 310 g/mol. The highest BCUT2D eigenvalue weighted by Crippen LogP contribution is 2.41. The molecule has 1 aliphatic heterocycles. The maximum Gasteiger partial charge on any atom is 0.209 e. The SMILES string of the molecule is CCC1(C)C(/C=C/c2ccc(OC)cc2OC)=[N+](C)c2ccccc21. The molecule has 25 heavy (non-hydrogen) atoms. The van der Waals surface area contributed by atoms with Gasteiger partial charge in [0.15, 0.2) is 5.71 Å². The van der Waals surface area contributed by atoms with E-state index in [1.165, 1.54) is 17.0 Å². The number of hydrogen-bond donors (Lipinski definition) is 0. The average Bonchev–Trinajstić information content (AvgIpc) is 2.88. The molecule has 2 aromatic rings. The average molecular weight is 336 g/mol. The molecule has 0 saturated carbocycles. The van der Waals surface area contributed by atoms with Crippen molar-refractivity contribution in [2.45, 2.75) is 25.7 Å². The number of para-hydroxylation sites is 1. The molecule has 0 amide bonds. The Kier molecular flexibility index (Phi) is 4.67. The lowest BCUT2D eigenvalue weighted by atomic mass is 9.77. The van der Waals surface area contributed by atoms with E-state index in [4.69, 9.17) is 9.47 Å². The third kappa shape index (κ3) is 2.84. The maximum atomic E-state index is 5.52. The number of hydrogen-bond acceptors (Lipinski definition) is 2. The molecule has 0 fully saturated rings. The lowest BCUT2D eigenvalue weighted by Crippen LogP contribution is -2.29. The summed E-state index contributed by atoms with van der Waals surface area (Å²) in [4.78, 5) is 0. The molecule has 0 aromatic heterocycles. The Morgan fingerprint density at radius 2 is 1.80 bits per heavy atom. The van der Waals surface area contributed by atoms with E-state index < -0.39 is 0 Å². The fourth-order valence-electron chi connectivity index (χ4n) is 3.66. The van der Waals surface area contributed by atoms with Crippen LogP contribution in [0.2, 0.25) is 0 Å². The van der Waals surface area contributed by atoms with Crippen LogP contribution < -0.4 is 9.47 Å². The van der Waals surface area contributed by atoms with E-state index in [1.54, 1.807) is 14.2 Å². The topological polar surface area (TPSA) is 21.5 Å². The summed E-state index contributed by atoms with van der Waals surface area (Å²) in [5, 5.41) is 0. The summed E-state index contributed by atoms with van der Waals surface area (Å²) in [5.41, 5.74) is 5.03. The number of methoxy groups -OCH3 is 2. The van der Waals surface area contributed by atoms with Crippen molar-refractivity contribution >= 4 is 17.5 Å². The van der Waals surface area contributed by atoms with Crippen LogP contribution in [0.3, 0.4) is 0 Å². The van der Waals surface area contributed by atoms with Crippen LogP contribution in [0.25, 0.3) is 6.08 Å². The molecule has 0 N–H and O–H groups in total. The van der Waals surface area contributed by atoms with E-state index in [1.807, 2.05) is 18.2 Å². The molecule has 1 unspecified atom stereocenters. The third-order valence-corrected chi connectivity index (χ3v) is 5.36. The van der Waals surface area contributed by atoms with Crippen molar-refractivity contribution in [3.63, 3.8) is 0 Å². The minimum atomic E-state index is 0.0154. The van der Waals surface area contributed by atoms with Gasteiger partial charge in [0, 0.05) is 29.3 Å². The molecule has 130 valence electrons. The maximum absolute atomic E-state index is 5.52. The van der Waals surface area contributed by atoms with Crippen LogP contribution in [0, 0.1) is 0 Å². The van der Waals surface area contributed by atoms with E-state index in [2.05, 4.69) is 61.9 Å². The van der Waals surface area contributed by atoms with Gasteiger partial charge >= 0.3 is 0 Å². The Bertz CT molecular complexity index is 851. The van der Waals surface area contributed by atoms with Crippen molar-refractivity contribution in [3.8, 4) is 11.5 Å². The summed E-state index contributed by atoms with van der Waals surface area (Å²) < 4.78 is 13.1. The summed E-state index contributed by atoms with van der Waals surface area (Å²) in [6.07, 6.45) is 5.39. The van der Waals surface area contributed by atoms with Crippen molar-refractivity contribution in [3.05, 3.63) is 59.7 Å². The van der Waals surface area contributed by atoms with Crippen molar-refractivity contribution in [2.75, 3.05) is 21.3 Å². The second kappa shape index (κ2) is 6.75. The molecule has 3 rings (SSSR count). The van der Waals surface area contributed by atoms with Crippen LogP contribution in [0.1, 0.15) is 31.4 Å². The molecule has 3 nitrogen and oxygen atoms in total. The molecule has 2 aromatic carbocycles. The van der Waals surface area contributed by atoms with Crippen LogP contribution in [0.4, 0.5) is 5.69 Å². The molecule has 1 heterocycles. The standard InChI is InChI=1S/C22H26NO2/c1-6-22(2)18-9-7-8-10-19(18)23(3)21(22)14-12-16-11-13-17(24-4)15-20(16)25-5/h7-15H,6H2,1-5H3/q+1/b14-12+. The van der Waals surface area contributed by atoms with E-state index in [0.29, 0.717) is 0 Å². The minimum absolute atomic E-state index is 0.0154. The first kappa shape index (κ1) is 17.3. The highest BCUT2D eigenvalue weighted by Gasteiger charge is 2.44. The van der Waals surface area contributed by atoms with Gasteiger partial charge in [-0.2, -0.15) is 4.58 Å². The predicted octanol–water partition coefficient (Wildman–Crippen LogP) is 4.81. The molecule has 0 aliphatic carbocycles. The summed E-state index contributed by atoms with van der Waals surface area (Å²) in [7, 11) is 5.50. The Hall–Kier alpha value is -2.55. The van der Waals surface area contributed by atoms with Gasteiger partial charge in [0.2, 0.25) is 5.69 Å². The van der Waals surface area contributed by atoms with Gasteiger partial charge in [0.25, 0.3) is 0 Å². The lowest BCUT2D eigenvalue weighted by Gasteiger charge is -2.20. The second-order valence-corrected chi connectivity index (χ2v) is 6.59. The van der Waals surface area contributed by atoms with E-state index >= 15 is 0 Å². The predicted molar refractivity (Wildman–Crippen MR) is 104 cm³/mol. The Morgan fingerprint density at radius 1 is 1.04 bits per heavy atom. The molecule has 0 spiro atoms. The van der Waals surface area contributed by atoms with Crippen LogP contribution in [0.5, 0.6) is 11.5 Å². The van der Waals surface area contributed by atoms with Crippen molar-refractivity contribution in [1.29, 1.82) is 0 Å². The zero-order valence-corrected chi connectivity index (χ0v) is 15.7. The van der Waals surface area contributed by atoms with Gasteiger partial charge < -0.3 is 9.47 Å². The first-order chi connectivity index (χ1) is 12.0. The highest BCUT2D eigenvalue weighted by atomic mass is 16.5. The molecular formula is C22H26NO2+. The van der Waals surface area contributed by atoms with Crippen LogP contribution in [-0.4, -0.2) is 31.6 Å². The Balaban J connectivity index is 2.03. The van der Waals surface area contributed by atoms with Crippen molar-refractivity contribution in [2.24, 2.45) is 0 Å². The van der Waals surface area contributed by atoms with Gasteiger partial charge in [-0.05, 0) is 31.6 Å². The van der Waals surface area contributed by atoms with Crippen LogP contribution in [0.15, 0.2) is 48.5 Å². The zero-order valence-electron chi connectivity index (χ0n) is 15.7. The first-order valence-electron chi connectivity index (χ1n) is 8.66. The van der Waals surface area contributed by atoms with Crippen molar-refractivity contribution < 1.29 is 14.0 Å². The van der Waals surface area contributed by atoms with Gasteiger partial charge in [-0.25, -0.2) is 0 Å². The molecule has 3 heteroatoms. The van der Waals surface area contributed by atoms with Gasteiger partial charge in [0.1, 0.15) is 18.5 Å². The van der Waals surface area contributed by atoms with Gasteiger partial charge in [0.05, 0.1) is 19.6 Å². The fraction of sp³-hybridized carbons (Fsp3) is 0.318. The number of benzene rings is 2. The van der Waals surface area contributed by atoms with Gasteiger partial charge in [-0.15, -0.1) is 0 Å². The Morgan fingerprint density at radius 3 is 2.48 bits per heavy atom. The summed E-state index contributed by atoms with van der Waals surface area (Å²) >= 11 is 0. The smallest absolute Gasteiger partial charge is 0.209 e. The fourth-order valence-corrected chi connectivity index (χ4v) is 3.66. The number of rotatable bonds is 5. The molecule has 0 saturated heterocycles. The third-order valence-electron chi connectivity index (χ3n) is 5.36. The monoisotopic (exact) mass is 336 g/mol. The van der Waals surface area contributed by atoms with Gasteiger partial charge in [-0.3, -0.25) is 0 Å². The second-order valence-electron chi connectivity index (χ2n) is 6.59. The number of allylic oxidation sites excluding steroid dienone is 1. The molecule has 1 atom stereocenters. The molecule has 0 radical (unpaired) electrons. The number of fused-ring (bicyclic) bond motifs is 1.